The number of aliphatic imine (C=N–C) groups is 1. The summed E-state index contributed by atoms with van der Waals surface area (Å²) in [6, 6.07) is 25.4. The normalized spacial score (nSPS) is 16.7. The monoisotopic (exact) mass is 467 g/mol. The number of amidine groups is 1. The first-order chi connectivity index (χ1) is 17.2. The van der Waals surface area contributed by atoms with Crippen molar-refractivity contribution in [2.75, 3.05) is 29.9 Å². The molecule has 2 heterocycles. The molecular formula is C28H29N5O2. The second-order valence-corrected chi connectivity index (χ2v) is 8.79. The van der Waals surface area contributed by atoms with E-state index in [0.29, 0.717) is 13.1 Å². The highest BCUT2D eigenvalue weighted by molar-refractivity contribution is 6.05. The van der Waals surface area contributed by atoms with Crippen LogP contribution in [0.1, 0.15) is 23.1 Å². The van der Waals surface area contributed by atoms with Crippen LogP contribution >= 0.6 is 0 Å². The third-order valence-corrected chi connectivity index (χ3v) is 6.36. The molecular weight excluding hydrogens is 438 g/mol. The van der Waals surface area contributed by atoms with E-state index in [1.807, 2.05) is 59.5 Å². The number of anilines is 2. The van der Waals surface area contributed by atoms with Crippen molar-refractivity contribution in [2.24, 2.45) is 4.99 Å². The second kappa shape index (κ2) is 10.4. The summed E-state index contributed by atoms with van der Waals surface area (Å²) in [5.74, 6) is 0.648. The van der Waals surface area contributed by atoms with Gasteiger partial charge in [-0.15, -0.1) is 0 Å². The summed E-state index contributed by atoms with van der Waals surface area (Å²) in [7, 11) is 0. The highest BCUT2D eigenvalue weighted by Gasteiger charge is 2.34. The first-order valence-corrected chi connectivity index (χ1v) is 12.0. The molecule has 0 aromatic heterocycles. The van der Waals surface area contributed by atoms with Gasteiger partial charge in [0.2, 0.25) is 11.8 Å². The number of fused-ring (bicyclic) bond motifs is 1. The first kappa shape index (κ1) is 22.7. The van der Waals surface area contributed by atoms with Crippen molar-refractivity contribution in [3.05, 3.63) is 95.6 Å². The van der Waals surface area contributed by atoms with Crippen LogP contribution < -0.4 is 20.9 Å². The molecule has 5 rings (SSSR count). The second-order valence-electron chi connectivity index (χ2n) is 8.79. The summed E-state index contributed by atoms with van der Waals surface area (Å²) < 4.78 is 0. The Bertz CT molecular complexity index is 1220. The first-order valence-electron chi connectivity index (χ1n) is 12.0. The van der Waals surface area contributed by atoms with Gasteiger partial charge in [0.05, 0.1) is 24.3 Å². The Morgan fingerprint density at radius 2 is 1.74 bits per heavy atom. The molecule has 0 saturated carbocycles. The Labute approximate surface area is 205 Å². The predicted octanol–water partition coefficient (Wildman–Crippen LogP) is 3.11. The van der Waals surface area contributed by atoms with Crippen LogP contribution in [-0.2, 0) is 22.6 Å². The number of rotatable bonds is 8. The van der Waals surface area contributed by atoms with Crippen LogP contribution in [0.3, 0.4) is 0 Å². The van der Waals surface area contributed by atoms with Gasteiger partial charge in [-0.2, -0.15) is 0 Å². The van der Waals surface area contributed by atoms with Gasteiger partial charge in [-0.25, -0.2) is 0 Å². The van der Waals surface area contributed by atoms with E-state index in [0.717, 1.165) is 53.4 Å². The van der Waals surface area contributed by atoms with Crippen LogP contribution in [-0.4, -0.2) is 43.3 Å². The number of amides is 2. The zero-order valence-electron chi connectivity index (χ0n) is 19.5. The molecule has 0 fully saturated rings. The summed E-state index contributed by atoms with van der Waals surface area (Å²) in [4.78, 5) is 32.3. The number of para-hydroxylation sites is 2. The molecule has 0 radical (unpaired) electrons. The van der Waals surface area contributed by atoms with E-state index >= 15 is 0 Å². The predicted molar refractivity (Wildman–Crippen MR) is 139 cm³/mol. The van der Waals surface area contributed by atoms with E-state index in [1.54, 1.807) is 0 Å². The molecule has 0 saturated heterocycles. The van der Waals surface area contributed by atoms with Gasteiger partial charge in [0.25, 0.3) is 0 Å². The lowest BCUT2D eigenvalue weighted by molar-refractivity contribution is -0.125. The fourth-order valence-electron chi connectivity index (χ4n) is 4.55. The van der Waals surface area contributed by atoms with E-state index in [9.17, 15) is 9.59 Å². The van der Waals surface area contributed by atoms with E-state index in [4.69, 9.17) is 0 Å². The van der Waals surface area contributed by atoms with Crippen molar-refractivity contribution in [3.8, 4) is 0 Å². The molecule has 2 aliphatic heterocycles. The average molecular weight is 468 g/mol. The Balaban J connectivity index is 1.21. The standard InChI is InChI=1S/C28H29N5O2/c34-26(29-15-14-20-10-12-22(13-11-20)27-30-16-17-31-27)18-25-28(35)32-23-8-4-5-9-24(23)33(25)19-21-6-2-1-3-7-21/h1-13,25H,14-19H2,(H,29,34)(H,30,31)(H,32,35)/t25-/m1/s1. The number of hydrogen-bond acceptors (Lipinski definition) is 5. The smallest absolute Gasteiger partial charge is 0.247 e. The van der Waals surface area contributed by atoms with E-state index in [1.165, 1.54) is 0 Å². The molecule has 0 bridgehead atoms. The minimum atomic E-state index is -0.580. The summed E-state index contributed by atoms with van der Waals surface area (Å²) >= 11 is 0. The molecule has 0 unspecified atom stereocenters. The molecule has 3 aromatic rings. The minimum Gasteiger partial charge on any atom is -0.368 e. The zero-order valence-corrected chi connectivity index (χ0v) is 19.5. The van der Waals surface area contributed by atoms with Crippen molar-refractivity contribution in [1.82, 2.24) is 10.6 Å². The Morgan fingerprint density at radius 3 is 2.51 bits per heavy atom. The number of hydrogen-bond donors (Lipinski definition) is 3. The van der Waals surface area contributed by atoms with Crippen molar-refractivity contribution in [3.63, 3.8) is 0 Å². The van der Waals surface area contributed by atoms with Gasteiger partial charge < -0.3 is 20.9 Å². The van der Waals surface area contributed by atoms with Crippen molar-refractivity contribution < 1.29 is 9.59 Å². The topological polar surface area (TPSA) is 85.8 Å². The largest absolute Gasteiger partial charge is 0.368 e. The van der Waals surface area contributed by atoms with Gasteiger partial charge in [-0.3, -0.25) is 14.6 Å². The molecule has 3 N–H and O–H groups in total. The van der Waals surface area contributed by atoms with Crippen LogP contribution in [0.25, 0.3) is 0 Å². The minimum absolute atomic E-state index is 0.0947. The van der Waals surface area contributed by atoms with E-state index in [2.05, 4.69) is 45.2 Å². The molecule has 7 heteroatoms. The summed E-state index contributed by atoms with van der Waals surface area (Å²) in [6.07, 6.45) is 0.816. The van der Waals surface area contributed by atoms with Crippen LogP contribution in [0.2, 0.25) is 0 Å². The van der Waals surface area contributed by atoms with Gasteiger partial charge in [0.1, 0.15) is 11.9 Å². The Kier molecular flexibility index (Phi) is 6.75. The van der Waals surface area contributed by atoms with Gasteiger partial charge in [-0.05, 0) is 29.7 Å². The number of carbonyl (C=O) groups is 2. The van der Waals surface area contributed by atoms with Crippen LogP contribution in [0.4, 0.5) is 11.4 Å². The highest BCUT2D eigenvalue weighted by Crippen LogP contribution is 2.34. The summed E-state index contributed by atoms with van der Waals surface area (Å²) in [5, 5.41) is 9.24. The van der Waals surface area contributed by atoms with Crippen LogP contribution in [0.5, 0.6) is 0 Å². The fourth-order valence-corrected chi connectivity index (χ4v) is 4.55. The van der Waals surface area contributed by atoms with Gasteiger partial charge in [-0.1, -0.05) is 66.7 Å². The maximum Gasteiger partial charge on any atom is 0.247 e. The molecule has 3 aromatic carbocycles. The third-order valence-electron chi connectivity index (χ3n) is 6.36. The zero-order chi connectivity index (χ0) is 24.0. The van der Waals surface area contributed by atoms with Crippen molar-refractivity contribution in [1.29, 1.82) is 0 Å². The molecule has 0 spiro atoms. The molecule has 2 amide bonds. The van der Waals surface area contributed by atoms with E-state index in [-0.39, 0.29) is 18.2 Å². The lowest BCUT2D eigenvalue weighted by Gasteiger charge is -2.38. The molecule has 178 valence electrons. The molecule has 2 aliphatic rings. The quantitative estimate of drug-likeness (QED) is 0.475. The highest BCUT2D eigenvalue weighted by atomic mass is 16.2. The lowest BCUT2D eigenvalue weighted by Crippen LogP contribution is -2.50. The molecule has 35 heavy (non-hydrogen) atoms. The molecule has 7 nitrogen and oxygen atoms in total. The lowest BCUT2D eigenvalue weighted by atomic mass is 10.0. The number of carbonyl (C=O) groups excluding carboxylic acids is 2. The van der Waals surface area contributed by atoms with Crippen LogP contribution in [0.15, 0.2) is 83.9 Å². The summed E-state index contributed by atoms with van der Waals surface area (Å²) in [6.45, 7) is 2.77. The summed E-state index contributed by atoms with van der Waals surface area (Å²) in [5.41, 5.74) is 5.01. The SMILES string of the molecule is O=C(C[C@@H]1C(=O)Nc2ccccc2N1Cc1ccccc1)NCCc1ccc(C2=NCCN2)cc1. The average Bonchev–Trinajstić information content (AvgIpc) is 3.42. The fraction of sp³-hybridized carbons (Fsp3) is 0.250. The number of benzene rings is 3. The van der Waals surface area contributed by atoms with Gasteiger partial charge >= 0.3 is 0 Å². The number of nitrogens with zero attached hydrogens (tertiary/aromatic N) is 2. The maximum atomic E-state index is 13.0. The van der Waals surface area contributed by atoms with Gasteiger partial charge in [0.15, 0.2) is 0 Å². The van der Waals surface area contributed by atoms with Crippen LogP contribution in [0, 0.1) is 0 Å². The van der Waals surface area contributed by atoms with Crippen molar-refractivity contribution >= 4 is 29.0 Å². The number of nitrogens with one attached hydrogen (secondary N) is 3. The van der Waals surface area contributed by atoms with Gasteiger partial charge in [0, 0.05) is 25.2 Å². The van der Waals surface area contributed by atoms with E-state index < -0.39 is 6.04 Å². The third kappa shape index (κ3) is 5.35. The molecule has 1 atom stereocenters. The maximum absolute atomic E-state index is 13.0. The Morgan fingerprint density at radius 1 is 0.971 bits per heavy atom. The molecule has 0 aliphatic carbocycles. The van der Waals surface area contributed by atoms with Crippen molar-refractivity contribution in [2.45, 2.75) is 25.4 Å². The Hall–Kier alpha value is -4.13.